The van der Waals surface area contributed by atoms with Crippen LogP contribution in [-0.4, -0.2) is 76.7 Å². The molecule has 2 amide bonds. The smallest absolute Gasteiger partial charge is 0.223 e. The lowest BCUT2D eigenvalue weighted by Gasteiger charge is -2.32. The highest BCUT2D eigenvalue weighted by molar-refractivity contribution is 7.91. The number of hydrogen-bond donors (Lipinski definition) is 0. The van der Waals surface area contributed by atoms with Gasteiger partial charge in [0.2, 0.25) is 12.3 Å². The molecule has 1 fully saturated rings. The Bertz CT molecular complexity index is 726. The Morgan fingerprint density at radius 2 is 1.76 bits per heavy atom. The van der Waals surface area contributed by atoms with Crippen molar-refractivity contribution in [2.24, 2.45) is 0 Å². The summed E-state index contributed by atoms with van der Waals surface area (Å²) < 4.78 is 35.1. The van der Waals surface area contributed by atoms with E-state index in [2.05, 4.69) is 0 Å². The van der Waals surface area contributed by atoms with E-state index in [0.717, 1.165) is 6.41 Å². The second-order valence-corrected chi connectivity index (χ2v) is 7.72. The van der Waals surface area contributed by atoms with Crippen molar-refractivity contribution in [2.75, 3.05) is 46.2 Å². The second-order valence-electron chi connectivity index (χ2n) is 5.61. The van der Waals surface area contributed by atoms with Crippen molar-refractivity contribution in [3.63, 3.8) is 0 Å². The molecule has 1 heterocycles. The van der Waals surface area contributed by atoms with Gasteiger partial charge in [0.25, 0.3) is 0 Å². The zero-order valence-corrected chi connectivity index (χ0v) is 15.1. The van der Waals surface area contributed by atoms with Gasteiger partial charge in [0.05, 0.1) is 24.9 Å². The lowest BCUT2D eigenvalue weighted by Crippen LogP contribution is -2.48. The summed E-state index contributed by atoms with van der Waals surface area (Å²) in [5.41, 5.74) is 0. The Hall–Kier alpha value is -2.29. The van der Waals surface area contributed by atoms with Gasteiger partial charge >= 0.3 is 0 Å². The minimum Gasteiger partial charge on any atom is -0.493 e. The summed E-state index contributed by atoms with van der Waals surface area (Å²) in [7, 11) is -0.722. The van der Waals surface area contributed by atoms with Gasteiger partial charge in [0, 0.05) is 38.7 Å². The number of carbonyl (C=O) groups excluding carboxylic acids is 2. The van der Waals surface area contributed by atoms with E-state index in [1.165, 1.54) is 32.4 Å². The highest BCUT2D eigenvalue weighted by Crippen LogP contribution is 2.30. The maximum Gasteiger partial charge on any atom is 0.223 e. The van der Waals surface area contributed by atoms with Crippen LogP contribution in [-0.2, 0) is 19.4 Å². The first kappa shape index (κ1) is 19.0. The van der Waals surface area contributed by atoms with Crippen LogP contribution in [0.4, 0.5) is 0 Å². The van der Waals surface area contributed by atoms with Gasteiger partial charge in [-0.1, -0.05) is 0 Å². The molecule has 0 aliphatic carbocycles. The molecule has 0 bridgehead atoms. The number of rotatable bonds is 7. The molecule has 1 saturated heterocycles. The fourth-order valence-electron chi connectivity index (χ4n) is 2.58. The van der Waals surface area contributed by atoms with Crippen LogP contribution in [0.25, 0.3) is 0 Å². The van der Waals surface area contributed by atoms with Crippen LogP contribution < -0.4 is 9.47 Å². The summed E-state index contributed by atoms with van der Waals surface area (Å²) in [5.74, 6) is 0.245. The number of hydrogen-bond acceptors (Lipinski definition) is 6. The van der Waals surface area contributed by atoms with Crippen molar-refractivity contribution >= 4 is 22.2 Å². The van der Waals surface area contributed by atoms with Crippen molar-refractivity contribution in [3.8, 4) is 11.5 Å². The summed E-state index contributed by atoms with van der Waals surface area (Å²) in [5, 5.41) is 0. The Morgan fingerprint density at radius 1 is 1.12 bits per heavy atom. The third kappa shape index (κ3) is 4.62. The number of sulfone groups is 1. The summed E-state index contributed by atoms with van der Waals surface area (Å²) >= 11 is 0. The molecule has 2 rings (SSSR count). The summed E-state index contributed by atoms with van der Waals surface area (Å²) in [6.07, 6.45) is 0.654. The SMILES string of the molecule is COc1ccc(S(=O)(=O)CCC(=O)N2CCN(C=O)CC2)cc1OC. The highest BCUT2D eigenvalue weighted by Gasteiger charge is 2.23. The van der Waals surface area contributed by atoms with Crippen LogP contribution in [0.5, 0.6) is 11.5 Å². The first-order chi connectivity index (χ1) is 11.9. The summed E-state index contributed by atoms with van der Waals surface area (Å²) in [4.78, 5) is 26.1. The maximum absolute atomic E-state index is 12.5. The van der Waals surface area contributed by atoms with Crippen molar-refractivity contribution in [1.29, 1.82) is 0 Å². The molecule has 8 nitrogen and oxygen atoms in total. The number of amides is 2. The fraction of sp³-hybridized carbons (Fsp3) is 0.500. The molecule has 9 heteroatoms. The summed E-state index contributed by atoms with van der Waals surface area (Å²) in [6, 6.07) is 4.34. The lowest BCUT2D eigenvalue weighted by atomic mass is 10.3. The topological polar surface area (TPSA) is 93.2 Å². The molecule has 1 aromatic carbocycles. The monoisotopic (exact) mass is 370 g/mol. The predicted molar refractivity (Wildman–Crippen MR) is 90.4 cm³/mol. The van der Waals surface area contributed by atoms with Crippen LogP contribution in [0.2, 0.25) is 0 Å². The zero-order valence-electron chi connectivity index (χ0n) is 14.3. The Labute approximate surface area is 147 Å². The Morgan fingerprint density at radius 3 is 2.32 bits per heavy atom. The number of methoxy groups -OCH3 is 2. The van der Waals surface area contributed by atoms with Crippen LogP contribution in [0.3, 0.4) is 0 Å². The van der Waals surface area contributed by atoms with Gasteiger partial charge in [-0.3, -0.25) is 9.59 Å². The highest BCUT2D eigenvalue weighted by atomic mass is 32.2. The molecule has 0 aromatic heterocycles. The van der Waals surface area contributed by atoms with Crippen LogP contribution in [0, 0.1) is 0 Å². The molecule has 0 N–H and O–H groups in total. The molecular formula is C16H22N2O6S. The molecule has 0 unspecified atom stereocenters. The molecule has 0 atom stereocenters. The minimum atomic E-state index is -3.62. The molecule has 138 valence electrons. The van der Waals surface area contributed by atoms with Gasteiger partial charge in [-0.05, 0) is 12.1 Å². The van der Waals surface area contributed by atoms with Crippen molar-refractivity contribution in [1.82, 2.24) is 9.80 Å². The van der Waals surface area contributed by atoms with Gasteiger partial charge in [0.15, 0.2) is 21.3 Å². The maximum atomic E-state index is 12.5. The van der Waals surface area contributed by atoms with E-state index in [9.17, 15) is 18.0 Å². The van der Waals surface area contributed by atoms with E-state index in [1.54, 1.807) is 9.80 Å². The van der Waals surface area contributed by atoms with Gasteiger partial charge in [-0.25, -0.2) is 8.42 Å². The zero-order chi connectivity index (χ0) is 18.4. The molecule has 1 aliphatic rings. The fourth-order valence-corrected chi connectivity index (χ4v) is 3.83. The van der Waals surface area contributed by atoms with Gasteiger partial charge in [-0.15, -0.1) is 0 Å². The standard InChI is InChI=1S/C16H22N2O6S/c1-23-14-4-3-13(11-15(14)24-2)25(21,22)10-5-16(20)18-8-6-17(12-19)7-9-18/h3-4,11-12H,5-10H2,1-2H3. The van der Waals surface area contributed by atoms with Gasteiger partial charge in [0.1, 0.15) is 0 Å². The van der Waals surface area contributed by atoms with Crippen LogP contribution in [0.15, 0.2) is 23.1 Å². The van der Waals surface area contributed by atoms with E-state index in [-0.39, 0.29) is 23.0 Å². The average molecular weight is 370 g/mol. The summed E-state index contributed by atoms with van der Waals surface area (Å²) in [6.45, 7) is 1.79. The average Bonchev–Trinajstić information content (AvgIpc) is 2.65. The van der Waals surface area contributed by atoms with Crippen molar-refractivity contribution in [2.45, 2.75) is 11.3 Å². The normalized spacial score (nSPS) is 15.0. The van der Waals surface area contributed by atoms with Crippen molar-refractivity contribution in [3.05, 3.63) is 18.2 Å². The molecule has 25 heavy (non-hydrogen) atoms. The van der Waals surface area contributed by atoms with E-state index in [1.807, 2.05) is 0 Å². The minimum absolute atomic E-state index is 0.0868. The number of ether oxygens (including phenoxy) is 2. The molecule has 1 aromatic rings. The molecule has 1 aliphatic heterocycles. The second kappa shape index (κ2) is 8.19. The first-order valence-electron chi connectivity index (χ1n) is 7.83. The Balaban J connectivity index is 1.99. The Kier molecular flexibility index (Phi) is 6.24. The molecular weight excluding hydrogens is 348 g/mol. The first-order valence-corrected chi connectivity index (χ1v) is 9.48. The van der Waals surface area contributed by atoms with Gasteiger partial charge in [-0.2, -0.15) is 0 Å². The van der Waals surface area contributed by atoms with Crippen LogP contribution in [0.1, 0.15) is 6.42 Å². The molecule has 0 saturated carbocycles. The van der Waals surface area contributed by atoms with Crippen LogP contribution >= 0.6 is 0 Å². The van der Waals surface area contributed by atoms with Gasteiger partial charge < -0.3 is 19.3 Å². The quantitative estimate of drug-likeness (QED) is 0.635. The number of nitrogens with zero attached hydrogens (tertiary/aromatic N) is 2. The molecule has 0 radical (unpaired) electrons. The van der Waals surface area contributed by atoms with E-state index >= 15 is 0 Å². The number of carbonyl (C=O) groups is 2. The van der Waals surface area contributed by atoms with E-state index in [0.29, 0.717) is 37.7 Å². The largest absolute Gasteiger partial charge is 0.493 e. The number of benzene rings is 1. The predicted octanol–water partition coefficient (Wildman–Crippen LogP) is 0.168. The third-order valence-corrected chi connectivity index (χ3v) is 5.83. The van der Waals surface area contributed by atoms with Crippen molar-refractivity contribution < 1.29 is 27.5 Å². The third-order valence-electron chi connectivity index (χ3n) is 4.11. The lowest BCUT2D eigenvalue weighted by molar-refractivity contribution is -0.134. The number of piperazine rings is 1. The molecule has 0 spiro atoms. The van der Waals surface area contributed by atoms with E-state index < -0.39 is 9.84 Å². The van der Waals surface area contributed by atoms with E-state index in [4.69, 9.17) is 9.47 Å².